The smallest absolute Gasteiger partial charge is 0.270 e. The van der Waals surface area contributed by atoms with Crippen molar-refractivity contribution in [2.24, 2.45) is 0 Å². The van der Waals surface area contributed by atoms with Gasteiger partial charge < -0.3 is 19.5 Å². The van der Waals surface area contributed by atoms with Crippen LogP contribution in [0.15, 0.2) is 48.5 Å². The molecule has 2 heterocycles. The summed E-state index contributed by atoms with van der Waals surface area (Å²) in [6.07, 6.45) is 0. The van der Waals surface area contributed by atoms with Gasteiger partial charge in [-0.2, -0.15) is 0 Å². The maximum atomic E-state index is 13.4. The number of hydrogen-bond acceptors (Lipinski definition) is 3. The molecule has 0 bridgehead atoms. The maximum absolute atomic E-state index is 13.4. The molecule has 0 unspecified atom stereocenters. The molecule has 0 atom stereocenters. The summed E-state index contributed by atoms with van der Waals surface area (Å²) in [6.45, 7) is 1.80. The van der Waals surface area contributed by atoms with E-state index in [9.17, 15) is 14.0 Å². The first kappa shape index (κ1) is 18.0. The molecular weight excluding hydrogens is 361 g/mol. The summed E-state index contributed by atoms with van der Waals surface area (Å²) >= 11 is 0. The molecule has 0 aliphatic carbocycles. The van der Waals surface area contributed by atoms with Crippen molar-refractivity contribution in [2.45, 2.75) is 0 Å². The molecule has 3 aromatic rings. The van der Waals surface area contributed by atoms with Crippen LogP contribution < -0.4 is 4.74 Å². The first-order valence-corrected chi connectivity index (χ1v) is 9.06. The number of benzene rings is 2. The highest BCUT2D eigenvalue weighted by atomic mass is 19.1. The Balaban J connectivity index is 1.42. The lowest BCUT2D eigenvalue weighted by molar-refractivity contribution is 0.0532. The van der Waals surface area contributed by atoms with Gasteiger partial charge in [0.1, 0.15) is 17.3 Å². The van der Waals surface area contributed by atoms with Crippen LogP contribution in [0.3, 0.4) is 0 Å². The number of ether oxygens (including phenoxy) is 1. The number of aromatic nitrogens is 1. The highest BCUT2D eigenvalue weighted by molar-refractivity contribution is 5.98. The third-order valence-corrected chi connectivity index (χ3v) is 4.98. The summed E-state index contributed by atoms with van der Waals surface area (Å²) in [4.78, 5) is 31.9. The molecule has 1 aliphatic heterocycles. The summed E-state index contributed by atoms with van der Waals surface area (Å²) in [5.74, 6) is 0.0715. The van der Waals surface area contributed by atoms with E-state index in [2.05, 4.69) is 4.98 Å². The third-order valence-electron chi connectivity index (χ3n) is 4.98. The second-order valence-corrected chi connectivity index (χ2v) is 6.73. The Labute approximate surface area is 161 Å². The molecule has 1 aromatic heterocycles. The average molecular weight is 381 g/mol. The number of H-pyrrole nitrogens is 1. The zero-order valence-corrected chi connectivity index (χ0v) is 15.4. The van der Waals surface area contributed by atoms with E-state index in [0.29, 0.717) is 48.6 Å². The fourth-order valence-corrected chi connectivity index (χ4v) is 3.44. The SMILES string of the molecule is COc1cccc(C(=O)N2CCN(C(=O)c3cc4cc(F)ccc4[nH]3)CC2)c1. The average Bonchev–Trinajstić information content (AvgIpc) is 3.16. The summed E-state index contributed by atoms with van der Waals surface area (Å²) in [7, 11) is 1.56. The normalized spacial score (nSPS) is 14.4. The van der Waals surface area contributed by atoms with Crippen LogP contribution in [0.4, 0.5) is 4.39 Å². The third kappa shape index (κ3) is 3.43. The van der Waals surface area contributed by atoms with Crippen molar-refractivity contribution in [2.75, 3.05) is 33.3 Å². The van der Waals surface area contributed by atoms with E-state index in [0.717, 1.165) is 5.52 Å². The Hall–Kier alpha value is -3.35. The van der Waals surface area contributed by atoms with Crippen molar-refractivity contribution in [1.29, 1.82) is 0 Å². The number of amides is 2. The lowest BCUT2D eigenvalue weighted by Gasteiger charge is -2.34. The Morgan fingerprint density at radius 3 is 2.39 bits per heavy atom. The predicted molar refractivity (Wildman–Crippen MR) is 103 cm³/mol. The Morgan fingerprint density at radius 1 is 0.964 bits per heavy atom. The lowest BCUT2D eigenvalue weighted by Crippen LogP contribution is -2.50. The summed E-state index contributed by atoms with van der Waals surface area (Å²) in [5, 5.41) is 0.662. The van der Waals surface area contributed by atoms with E-state index in [-0.39, 0.29) is 17.6 Å². The number of carbonyl (C=O) groups excluding carboxylic acids is 2. The van der Waals surface area contributed by atoms with Gasteiger partial charge in [0.15, 0.2) is 0 Å². The molecule has 2 amide bonds. The highest BCUT2D eigenvalue weighted by Crippen LogP contribution is 2.19. The first-order valence-electron chi connectivity index (χ1n) is 9.06. The van der Waals surface area contributed by atoms with Gasteiger partial charge in [-0.15, -0.1) is 0 Å². The predicted octanol–water partition coefficient (Wildman–Crippen LogP) is 2.91. The quantitative estimate of drug-likeness (QED) is 0.759. The van der Waals surface area contributed by atoms with Crippen molar-refractivity contribution in [3.05, 3.63) is 65.6 Å². The van der Waals surface area contributed by atoms with Gasteiger partial charge in [0.25, 0.3) is 11.8 Å². The first-order chi connectivity index (χ1) is 13.5. The molecule has 1 fully saturated rings. The second kappa shape index (κ2) is 7.34. The van der Waals surface area contributed by atoms with Gasteiger partial charge in [-0.1, -0.05) is 6.07 Å². The van der Waals surface area contributed by atoms with Crippen molar-refractivity contribution >= 4 is 22.7 Å². The molecule has 144 valence electrons. The number of nitrogens with zero attached hydrogens (tertiary/aromatic N) is 2. The van der Waals surface area contributed by atoms with Crippen molar-refractivity contribution < 1.29 is 18.7 Å². The molecule has 28 heavy (non-hydrogen) atoms. The Bertz CT molecular complexity index is 1040. The number of methoxy groups -OCH3 is 1. The number of piperazine rings is 1. The largest absolute Gasteiger partial charge is 0.497 e. The number of fused-ring (bicyclic) bond motifs is 1. The van der Waals surface area contributed by atoms with Gasteiger partial charge in [0, 0.05) is 42.6 Å². The summed E-state index contributed by atoms with van der Waals surface area (Å²) < 4.78 is 18.5. The van der Waals surface area contributed by atoms with E-state index in [4.69, 9.17) is 4.74 Å². The van der Waals surface area contributed by atoms with Gasteiger partial charge in [0.2, 0.25) is 0 Å². The number of hydrogen-bond donors (Lipinski definition) is 1. The topological polar surface area (TPSA) is 65.6 Å². The minimum atomic E-state index is -0.338. The minimum absolute atomic E-state index is 0.0768. The van der Waals surface area contributed by atoms with Gasteiger partial charge in [-0.05, 0) is 42.5 Å². The van der Waals surface area contributed by atoms with Crippen LogP contribution >= 0.6 is 0 Å². The number of rotatable bonds is 3. The van der Waals surface area contributed by atoms with Crippen molar-refractivity contribution in [1.82, 2.24) is 14.8 Å². The molecule has 4 rings (SSSR count). The van der Waals surface area contributed by atoms with Crippen molar-refractivity contribution in [3.8, 4) is 5.75 Å². The number of aromatic amines is 1. The number of halogens is 1. The van der Waals surface area contributed by atoms with Crippen LogP contribution in [0, 0.1) is 5.82 Å². The number of carbonyl (C=O) groups is 2. The minimum Gasteiger partial charge on any atom is -0.497 e. The van der Waals surface area contributed by atoms with Crippen molar-refractivity contribution in [3.63, 3.8) is 0 Å². The van der Waals surface area contributed by atoms with E-state index < -0.39 is 0 Å². The zero-order chi connectivity index (χ0) is 19.7. The van der Waals surface area contributed by atoms with Gasteiger partial charge in [-0.25, -0.2) is 4.39 Å². The van der Waals surface area contributed by atoms with Crippen LogP contribution in [-0.2, 0) is 0 Å². The molecule has 0 radical (unpaired) electrons. The highest BCUT2D eigenvalue weighted by Gasteiger charge is 2.26. The van der Waals surface area contributed by atoms with E-state index in [1.165, 1.54) is 12.1 Å². The molecule has 2 aromatic carbocycles. The molecule has 1 saturated heterocycles. The molecule has 0 saturated carbocycles. The van der Waals surface area contributed by atoms with Crippen LogP contribution in [0.25, 0.3) is 10.9 Å². The fraction of sp³-hybridized carbons (Fsp3) is 0.238. The number of nitrogens with one attached hydrogen (secondary N) is 1. The lowest BCUT2D eigenvalue weighted by atomic mass is 10.1. The van der Waals surface area contributed by atoms with Crippen LogP contribution in [-0.4, -0.2) is 59.9 Å². The Kier molecular flexibility index (Phi) is 4.73. The van der Waals surface area contributed by atoms with Gasteiger partial charge >= 0.3 is 0 Å². The van der Waals surface area contributed by atoms with Gasteiger partial charge in [-0.3, -0.25) is 9.59 Å². The molecular formula is C21H20FN3O3. The van der Waals surface area contributed by atoms with E-state index >= 15 is 0 Å². The fourth-order valence-electron chi connectivity index (χ4n) is 3.44. The molecule has 1 aliphatic rings. The monoisotopic (exact) mass is 381 g/mol. The second-order valence-electron chi connectivity index (χ2n) is 6.73. The molecule has 1 N–H and O–H groups in total. The van der Waals surface area contributed by atoms with E-state index in [1.807, 2.05) is 0 Å². The molecule has 6 nitrogen and oxygen atoms in total. The summed E-state index contributed by atoms with van der Waals surface area (Å²) in [5.41, 5.74) is 1.71. The van der Waals surface area contributed by atoms with Crippen LogP contribution in [0.1, 0.15) is 20.8 Å². The van der Waals surface area contributed by atoms with Crippen LogP contribution in [0.5, 0.6) is 5.75 Å². The van der Waals surface area contributed by atoms with Crippen LogP contribution in [0.2, 0.25) is 0 Å². The molecule has 7 heteroatoms. The van der Waals surface area contributed by atoms with E-state index in [1.54, 1.807) is 53.3 Å². The summed E-state index contributed by atoms with van der Waals surface area (Å²) in [6, 6.07) is 13.1. The Morgan fingerprint density at radius 2 is 1.68 bits per heavy atom. The van der Waals surface area contributed by atoms with Gasteiger partial charge in [0.05, 0.1) is 7.11 Å². The maximum Gasteiger partial charge on any atom is 0.270 e. The standard InChI is InChI=1S/C21H20FN3O3/c1-28-17-4-2-3-14(12-17)20(26)24-7-9-25(10-8-24)21(27)19-13-15-11-16(22)5-6-18(15)23-19/h2-6,11-13,23H,7-10H2,1H3. The molecule has 0 spiro atoms. The zero-order valence-electron chi connectivity index (χ0n) is 15.4.